The van der Waals surface area contributed by atoms with Gasteiger partial charge in [0.05, 0.1) is 11.4 Å². The van der Waals surface area contributed by atoms with Crippen molar-refractivity contribution in [3.63, 3.8) is 0 Å². The summed E-state index contributed by atoms with van der Waals surface area (Å²) < 4.78 is 3.79. The summed E-state index contributed by atoms with van der Waals surface area (Å²) in [5, 5.41) is 17.2. The van der Waals surface area contributed by atoms with Crippen molar-refractivity contribution < 1.29 is 0 Å². The molecule has 7 nitrogen and oxygen atoms in total. The number of anilines is 1. The predicted molar refractivity (Wildman–Crippen MR) is 85.2 cm³/mol. The molecule has 0 aliphatic heterocycles. The summed E-state index contributed by atoms with van der Waals surface area (Å²) in [5.74, 6) is 1.54. The molecule has 22 heavy (non-hydrogen) atoms. The van der Waals surface area contributed by atoms with E-state index in [9.17, 15) is 0 Å². The molecule has 4 rings (SSSR count). The van der Waals surface area contributed by atoms with Crippen LogP contribution in [0.2, 0.25) is 0 Å². The summed E-state index contributed by atoms with van der Waals surface area (Å²) in [7, 11) is 2.01. The number of aromatic nitrogens is 6. The van der Waals surface area contributed by atoms with Crippen LogP contribution >= 0.6 is 11.8 Å². The number of imidazole rings is 1. The largest absolute Gasteiger partial charge is 0.381 e. The minimum absolute atomic E-state index is 0.606. The lowest BCUT2D eigenvalue weighted by Crippen LogP contribution is -2.08. The maximum absolute atomic E-state index is 4.57. The van der Waals surface area contributed by atoms with Gasteiger partial charge in [-0.1, -0.05) is 11.8 Å². The Morgan fingerprint density at radius 3 is 3.09 bits per heavy atom. The fourth-order valence-corrected chi connectivity index (χ4v) is 3.16. The molecule has 114 valence electrons. The number of thioether (sulfide) groups is 1. The van der Waals surface area contributed by atoms with Crippen LogP contribution in [-0.2, 0) is 7.05 Å². The van der Waals surface area contributed by atoms with Gasteiger partial charge in [-0.15, -0.1) is 10.2 Å². The summed E-state index contributed by atoms with van der Waals surface area (Å²) in [6.07, 6.45) is 7.90. The Balaban J connectivity index is 1.44. The number of nitrogens with zero attached hydrogens (tertiary/aromatic N) is 6. The van der Waals surface area contributed by atoms with E-state index in [4.69, 9.17) is 0 Å². The van der Waals surface area contributed by atoms with E-state index < -0.39 is 0 Å². The molecule has 1 N–H and O–H groups in total. The maximum atomic E-state index is 4.57. The van der Waals surface area contributed by atoms with Gasteiger partial charge in [-0.2, -0.15) is 9.61 Å². The normalized spacial score (nSPS) is 14.6. The van der Waals surface area contributed by atoms with Crippen LogP contribution in [0.1, 0.15) is 24.5 Å². The Hall–Kier alpha value is -2.09. The summed E-state index contributed by atoms with van der Waals surface area (Å²) in [4.78, 5) is 4.31. The van der Waals surface area contributed by atoms with E-state index in [2.05, 4.69) is 31.7 Å². The van der Waals surface area contributed by atoms with Gasteiger partial charge in [0.1, 0.15) is 6.33 Å². The van der Waals surface area contributed by atoms with Crippen molar-refractivity contribution >= 4 is 23.1 Å². The van der Waals surface area contributed by atoms with E-state index in [0.717, 1.165) is 34.5 Å². The number of rotatable bonds is 6. The lowest BCUT2D eigenvalue weighted by Gasteiger charge is -2.09. The molecule has 0 amide bonds. The molecule has 8 heteroatoms. The summed E-state index contributed by atoms with van der Waals surface area (Å²) in [6, 6.07) is 2.12. The minimum atomic E-state index is 0.606. The van der Waals surface area contributed by atoms with Crippen molar-refractivity contribution in [1.29, 1.82) is 0 Å². The fourth-order valence-electron chi connectivity index (χ4n) is 2.37. The molecule has 1 saturated carbocycles. The average molecular weight is 315 g/mol. The molecule has 0 spiro atoms. The second kappa shape index (κ2) is 5.60. The summed E-state index contributed by atoms with van der Waals surface area (Å²) in [5.41, 5.74) is 2.92. The highest BCUT2D eigenvalue weighted by molar-refractivity contribution is 7.99. The zero-order valence-corrected chi connectivity index (χ0v) is 13.1. The molecule has 0 saturated heterocycles. The van der Waals surface area contributed by atoms with Crippen molar-refractivity contribution in [1.82, 2.24) is 29.4 Å². The zero-order chi connectivity index (χ0) is 14.9. The highest BCUT2D eigenvalue weighted by atomic mass is 32.2. The molecule has 0 atom stereocenters. The van der Waals surface area contributed by atoms with Gasteiger partial charge in [-0.3, -0.25) is 0 Å². The number of hydrogen-bond acceptors (Lipinski definition) is 6. The second-order valence-electron chi connectivity index (χ2n) is 5.45. The van der Waals surface area contributed by atoms with Crippen molar-refractivity contribution in [3.8, 4) is 0 Å². The maximum Gasteiger partial charge on any atom is 0.200 e. The van der Waals surface area contributed by atoms with Crippen molar-refractivity contribution in [2.75, 3.05) is 17.6 Å². The lowest BCUT2D eigenvalue weighted by molar-refractivity contribution is 0.790. The molecule has 0 bridgehead atoms. The van der Waals surface area contributed by atoms with Crippen LogP contribution < -0.4 is 5.32 Å². The smallest absolute Gasteiger partial charge is 0.200 e. The van der Waals surface area contributed by atoms with Crippen LogP contribution in [0.3, 0.4) is 0 Å². The SMILES string of the molecule is Cn1ccnc1SCCNc1cc(C2CC2)nn2cnnc12. The molecule has 1 aliphatic rings. The Bertz CT molecular complexity index is 789. The van der Waals surface area contributed by atoms with Gasteiger partial charge < -0.3 is 9.88 Å². The first kappa shape index (κ1) is 13.6. The van der Waals surface area contributed by atoms with Crippen molar-refractivity contribution in [2.24, 2.45) is 7.05 Å². The van der Waals surface area contributed by atoms with Crippen molar-refractivity contribution in [3.05, 3.63) is 30.5 Å². The monoisotopic (exact) mass is 315 g/mol. The Morgan fingerprint density at radius 1 is 1.41 bits per heavy atom. The molecule has 3 aromatic heterocycles. The van der Waals surface area contributed by atoms with Gasteiger partial charge in [0.15, 0.2) is 5.16 Å². The van der Waals surface area contributed by atoms with Gasteiger partial charge in [0.25, 0.3) is 0 Å². The average Bonchev–Trinajstić information content (AvgIpc) is 3.13. The molecule has 0 radical (unpaired) electrons. The summed E-state index contributed by atoms with van der Waals surface area (Å²) in [6.45, 7) is 0.841. The third-order valence-corrected chi connectivity index (χ3v) is 4.77. The molecule has 1 aliphatic carbocycles. The van der Waals surface area contributed by atoms with E-state index >= 15 is 0 Å². The van der Waals surface area contributed by atoms with Gasteiger partial charge in [0, 0.05) is 37.7 Å². The highest BCUT2D eigenvalue weighted by Crippen LogP contribution is 2.39. The lowest BCUT2D eigenvalue weighted by atomic mass is 10.2. The second-order valence-corrected chi connectivity index (χ2v) is 6.51. The Kier molecular flexibility index (Phi) is 3.45. The van der Waals surface area contributed by atoms with Crippen LogP contribution in [-0.4, -0.2) is 41.7 Å². The standard InChI is InChI=1S/C14H17N7S/c1-20-6-4-16-14(20)22-7-5-15-12-8-11(10-2-3-10)19-21-9-17-18-13(12)21/h4,6,8-10,15H,2-3,5,7H2,1H3. The molecule has 3 aromatic rings. The van der Waals surface area contributed by atoms with E-state index in [1.807, 2.05) is 24.0 Å². The van der Waals surface area contributed by atoms with Gasteiger partial charge in [-0.25, -0.2) is 4.98 Å². The number of fused-ring (bicyclic) bond motifs is 1. The first-order valence-corrected chi connectivity index (χ1v) is 8.35. The molecule has 0 aromatic carbocycles. The zero-order valence-electron chi connectivity index (χ0n) is 12.3. The van der Waals surface area contributed by atoms with Gasteiger partial charge in [-0.05, 0) is 18.9 Å². The molecule has 1 fully saturated rings. The van der Waals surface area contributed by atoms with Crippen LogP contribution in [0.5, 0.6) is 0 Å². The fraction of sp³-hybridized carbons (Fsp3) is 0.429. The summed E-state index contributed by atoms with van der Waals surface area (Å²) >= 11 is 1.73. The number of aryl methyl sites for hydroxylation is 1. The molecular weight excluding hydrogens is 298 g/mol. The first-order valence-electron chi connectivity index (χ1n) is 7.36. The third-order valence-electron chi connectivity index (χ3n) is 3.71. The third kappa shape index (κ3) is 2.66. The highest BCUT2D eigenvalue weighted by Gasteiger charge is 2.26. The number of hydrogen-bond donors (Lipinski definition) is 1. The number of nitrogens with one attached hydrogen (secondary N) is 1. The van der Waals surface area contributed by atoms with Crippen molar-refractivity contribution in [2.45, 2.75) is 23.9 Å². The van der Waals surface area contributed by atoms with E-state index in [-0.39, 0.29) is 0 Å². The molecule has 3 heterocycles. The quantitative estimate of drug-likeness (QED) is 0.553. The van der Waals surface area contributed by atoms with Gasteiger partial charge >= 0.3 is 0 Å². The molecular formula is C14H17N7S. The van der Waals surface area contributed by atoms with E-state index in [1.54, 1.807) is 22.6 Å². The van der Waals surface area contributed by atoms with Crippen LogP contribution in [0.25, 0.3) is 5.65 Å². The van der Waals surface area contributed by atoms with E-state index in [0.29, 0.717) is 5.92 Å². The molecule has 0 unspecified atom stereocenters. The Labute approximate surface area is 132 Å². The van der Waals surface area contributed by atoms with E-state index in [1.165, 1.54) is 12.8 Å². The topological polar surface area (TPSA) is 72.9 Å². The minimum Gasteiger partial charge on any atom is -0.381 e. The Morgan fingerprint density at radius 2 is 2.32 bits per heavy atom. The predicted octanol–water partition coefficient (Wildman–Crippen LogP) is 1.94. The first-order chi connectivity index (χ1) is 10.8. The van der Waals surface area contributed by atoms with Crippen LogP contribution in [0, 0.1) is 0 Å². The van der Waals surface area contributed by atoms with Crippen LogP contribution in [0.15, 0.2) is 29.9 Å². The van der Waals surface area contributed by atoms with Crippen LogP contribution in [0.4, 0.5) is 5.69 Å². The van der Waals surface area contributed by atoms with Gasteiger partial charge in [0.2, 0.25) is 5.65 Å².